The highest BCUT2D eigenvalue weighted by atomic mass is 19.1. The maximum Gasteiger partial charge on any atom is 0.123 e. The van der Waals surface area contributed by atoms with Crippen LogP contribution in [0.1, 0.15) is 18.4 Å². The maximum absolute atomic E-state index is 12.8. The van der Waals surface area contributed by atoms with Gasteiger partial charge in [0.05, 0.1) is 11.9 Å². The number of nitrogens with one attached hydrogen (secondary N) is 1. The fraction of sp³-hybridized carbons (Fsp3) is 0.308. The first-order valence-corrected chi connectivity index (χ1v) is 5.84. The molecule has 0 unspecified atom stereocenters. The topological polar surface area (TPSA) is 29.9 Å². The summed E-state index contributed by atoms with van der Waals surface area (Å²) in [5.74, 6) is -0.225. The number of hydrogen-bond donors (Lipinski definition) is 1. The summed E-state index contributed by atoms with van der Waals surface area (Å²) >= 11 is 0. The van der Waals surface area contributed by atoms with Crippen LogP contribution in [0.15, 0.2) is 36.7 Å². The van der Waals surface area contributed by atoms with Crippen molar-refractivity contribution in [3.05, 3.63) is 48.0 Å². The molecule has 0 radical (unpaired) electrons. The van der Waals surface area contributed by atoms with Crippen LogP contribution in [0, 0.1) is 5.82 Å². The van der Waals surface area contributed by atoms with E-state index >= 15 is 0 Å². The monoisotopic (exact) mass is 231 g/mol. The van der Waals surface area contributed by atoms with Crippen LogP contribution in [0.25, 0.3) is 5.69 Å². The molecule has 0 atom stereocenters. The lowest BCUT2D eigenvalue weighted by Crippen LogP contribution is -2.14. The molecule has 1 aromatic heterocycles. The fourth-order valence-electron chi connectivity index (χ4n) is 1.74. The zero-order valence-corrected chi connectivity index (χ0v) is 9.44. The highest BCUT2D eigenvalue weighted by Gasteiger charge is 2.20. The molecule has 1 saturated carbocycles. The number of nitrogens with zero attached hydrogens (tertiary/aromatic N) is 2. The Morgan fingerprint density at radius 2 is 2.06 bits per heavy atom. The fourth-order valence-corrected chi connectivity index (χ4v) is 1.74. The Morgan fingerprint density at radius 3 is 2.76 bits per heavy atom. The van der Waals surface area contributed by atoms with E-state index in [-0.39, 0.29) is 5.82 Å². The summed E-state index contributed by atoms with van der Waals surface area (Å²) in [6.45, 7) is 0.853. The van der Waals surface area contributed by atoms with Crippen molar-refractivity contribution in [2.24, 2.45) is 0 Å². The Morgan fingerprint density at radius 1 is 1.29 bits per heavy atom. The van der Waals surface area contributed by atoms with E-state index in [9.17, 15) is 4.39 Å². The Hall–Kier alpha value is -1.68. The van der Waals surface area contributed by atoms with Gasteiger partial charge in [0.1, 0.15) is 5.82 Å². The third-order valence-corrected chi connectivity index (χ3v) is 2.90. The lowest BCUT2D eigenvalue weighted by atomic mass is 10.3. The predicted molar refractivity (Wildman–Crippen MR) is 63.4 cm³/mol. The van der Waals surface area contributed by atoms with Crippen molar-refractivity contribution >= 4 is 0 Å². The second-order valence-electron chi connectivity index (χ2n) is 4.42. The molecule has 1 heterocycles. The summed E-state index contributed by atoms with van der Waals surface area (Å²) in [6.07, 6.45) is 6.39. The van der Waals surface area contributed by atoms with Gasteiger partial charge in [0.15, 0.2) is 0 Å². The molecule has 2 aromatic rings. The van der Waals surface area contributed by atoms with Crippen molar-refractivity contribution in [3.63, 3.8) is 0 Å². The Labute approximate surface area is 99.3 Å². The van der Waals surface area contributed by atoms with E-state index in [1.807, 2.05) is 12.4 Å². The summed E-state index contributed by atoms with van der Waals surface area (Å²) in [5.41, 5.74) is 2.03. The minimum absolute atomic E-state index is 0.225. The quantitative estimate of drug-likeness (QED) is 0.874. The predicted octanol–water partition coefficient (Wildman–Crippen LogP) is 2.26. The van der Waals surface area contributed by atoms with Crippen molar-refractivity contribution in [1.82, 2.24) is 15.1 Å². The number of aromatic nitrogens is 2. The number of halogens is 1. The van der Waals surface area contributed by atoms with E-state index in [1.54, 1.807) is 16.8 Å². The molecular weight excluding hydrogens is 217 g/mol. The molecule has 1 fully saturated rings. The van der Waals surface area contributed by atoms with Gasteiger partial charge in [-0.15, -0.1) is 0 Å². The first-order valence-electron chi connectivity index (χ1n) is 5.84. The van der Waals surface area contributed by atoms with Gasteiger partial charge in [0.25, 0.3) is 0 Å². The lowest BCUT2D eigenvalue weighted by molar-refractivity contribution is 0.627. The van der Waals surface area contributed by atoms with Crippen LogP contribution in [0.4, 0.5) is 4.39 Å². The summed E-state index contributed by atoms with van der Waals surface area (Å²) < 4.78 is 14.6. The van der Waals surface area contributed by atoms with Crippen LogP contribution in [-0.2, 0) is 6.54 Å². The standard InChI is InChI=1S/C13H14FN3/c14-11-1-5-13(6-2-11)17-9-10(8-16-17)7-15-12-3-4-12/h1-2,5-6,8-9,12,15H,3-4,7H2. The molecule has 1 aliphatic carbocycles. The maximum atomic E-state index is 12.8. The molecule has 0 aliphatic heterocycles. The van der Waals surface area contributed by atoms with Crippen LogP contribution < -0.4 is 5.32 Å². The Kier molecular flexibility index (Phi) is 2.65. The van der Waals surface area contributed by atoms with Crippen LogP contribution in [0.5, 0.6) is 0 Å². The largest absolute Gasteiger partial charge is 0.310 e. The van der Waals surface area contributed by atoms with Crippen LogP contribution >= 0.6 is 0 Å². The molecule has 1 N–H and O–H groups in total. The second-order valence-corrected chi connectivity index (χ2v) is 4.42. The molecule has 0 spiro atoms. The van der Waals surface area contributed by atoms with Crippen molar-refractivity contribution in [2.75, 3.05) is 0 Å². The first kappa shape index (κ1) is 10.5. The van der Waals surface area contributed by atoms with Crippen molar-refractivity contribution in [1.29, 1.82) is 0 Å². The van der Waals surface area contributed by atoms with Gasteiger partial charge in [-0.05, 0) is 37.1 Å². The van der Waals surface area contributed by atoms with Gasteiger partial charge in [-0.2, -0.15) is 5.10 Å². The molecule has 0 amide bonds. The first-order chi connectivity index (χ1) is 8.31. The molecule has 17 heavy (non-hydrogen) atoms. The van der Waals surface area contributed by atoms with E-state index in [1.165, 1.54) is 25.0 Å². The highest BCUT2D eigenvalue weighted by molar-refractivity contribution is 5.31. The van der Waals surface area contributed by atoms with Gasteiger partial charge in [0, 0.05) is 24.3 Å². The zero-order chi connectivity index (χ0) is 11.7. The molecule has 0 bridgehead atoms. The third-order valence-electron chi connectivity index (χ3n) is 2.90. The van der Waals surface area contributed by atoms with Gasteiger partial charge in [0.2, 0.25) is 0 Å². The molecule has 1 aromatic carbocycles. The molecule has 3 rings (SSSR count). The normalized spacial score (nSPS) is 15.1. The Balaban J connectivity index is 1.72. The Bertz CT molecular complexity index is 500. The minimum Gasteiger partial charge on any atom is -0.310 e. The van der Waals surface area contributed by atoms with Gasteiger partial charge in [-0.1, -0.05) is 0 Å². The minimum atomic E-state index is -0.225. The third kappa shape index (κ3) is 2.53. The molecule has 88 valence electrons. The number of rotatable bonds is 4. The molecule has 4 heteroatoms. The van der Waals surface area contributed by atoms with Crippen LogP contribution in [0.2, 0.25) is 0 Å². The van der Waals surface area contributed by atoms with E-state index < -0.39 is 0 Å². The lowest BCUT2D eigenvalue weighted by Gasteiger charge is -2.00. The van der Waals surface area contributed by atoms with Gasteiger partial charge < -0.3 is 5.32 Å². The van der Waals surface area contributed by atoms with E-state index in [2.05, 4.69) is 10.4 Å². The van der Waals surface area contributed by atoms with E-state index in [0.717, 1.165) is 17.8 Å². The summed E-state index contributed by atoms with van der Waals surface area (Å²) in [6, 6.07) is 7.03. The number of hydrogen-bond acceptors (Lipinski definition) is 2. The average Bonchev–Trinajstić information content (AvgIpc) is 3.06. The van der Waals surface area contributed by atoms with Crippen LogP contribution in [0.3, 0.4) is 0 Å². The average molecular weight is 231 g/mol. The summed E-state index contributed by atoms with van der Waals surface area (Å²) in [7, 11) is 0. The summed E-state index contributed by atoms with van der Waals surface area (Å²) in [5, 5.41) is 7.70. The smallest absolute Gasteiger partial charge is 0.123 e. The molecular formula is C13H14FN3. The highest BCUT2D eigenvalue weighted by Crippen LogP contribution is 2.19. The van der Waals surface area contributed by atoms with Crippen LogP contribution in [-0.4, -0.2) is 15.8 Å². The molecule has 1 aliphatic rings. The second kappa shape index (κ2) is 4.30. The van der Waals surface area contributed by atoms with Crippen molar-refractivity contribution in [3.8, 4) is 5.69 Å². The SMILES string of the molecule is Fc1ccc(-n2cc(CNC3CC3)cn2)cc1. The van der Waals surface area contributed by atoms with E-state index in [4.69, 9.17) is 0 Å². The van der Waals surface area contributed by atoms with Gasteiger partial charge in [-0.3, -0.25) is 0 Å². The molecule has 0 saturated heterocycles. The van der Waals surface area contributed by atoms with Crippen molar-refractivity contribution in [2.45, 2.75) is 25.4 Å². The van der Waals surface area contributed by atoms with E-state index in [0.29, 0.717) is 6.04 Å². The van der Waals surface area contributed by atoms with Crippen molar-refractivity contribution < 1.29 is 4.39 Å². The zero-order valence-electron chi connectivity index (χ0n) is 9.44. The number of benzene rings is 1. The molecule has 3 nitrogen and oxygen atoms in total. The van der Waals surface area contributed by atoms with Gasteiger partial charge in [-0.25, -0.2) is 9.07 Å². The summed E-state index contributed by atoms with van der Waals surface area (Å²) in [4.78, 5) is 0. The van der Waals surface area contributed by atoms with Gasteiger partial charge >= 0.3 is 0 Å².